The molecule has 0 aromatic heterocycles. The minimum atomic E-state index is -0.261. The summed E-state index contributed by atoms with van der Waals surface area (Å²) in [6, 6.07) is 10.4. The smallest absolute Gasteiger partial charge is 0.243 e. The van der Waals surface area contributed by atoms with Gasteiger partial charge in [0.1, 0.15) is 0 Å². The summed E-state index contributed by atoms with van der Waals surface area (Å²) < 4.78 is 0. The van der Waals surface area contributed by atoms with Crippen LogP contribution in [0.1, 0.15) is 25.3 Å². The van der Waals surface area contributed by atoms with Crippen LogP contribution >= 0.6 is 23.2 Å². The third-order valence-electron chi connectivity index (χ3n) is 3.71. The van der Waals surface area contributed by atoms with Gasteiger partial charge < -0.3 is 16.0 Å². The molecular formula is C19H21Cl2N3O2. The normalized spacial score (nSPS) is 10.3. The molecule has 3 N–H and O–H groups in total. The fourth-order valence-corrected chi connectivity index (χ4v) is 2.66. The molecule has 2 aromatic carbocycles. The van der Waals surface area contributed by atoms with Gasteiger partial charge in [-0.25, -0.2) is 0 Å². The lowest BCUT2D eigenvalue weighted by atomic mass is 10.2. The van der Waals surface area contributed by atoms with Crippen molar-refractivity contribution in [2.75, 3.05) is 22.5 Å². The predicted molar refractivity (Wildman–Crippen MR) is 108 cm³/mol. The highest BCUT2D eigenvalue weighted by Crippen LogP contribution is 2.26. The van der Waals surface area contributed by atoms with Gasteiger partial charge in [-0.15, -0.1) is 0 Å². The molecular weight excluding hydrogens is 373 g/mol. The van der Waals surface area contributed by atoms with Crippen molar-refractivity contribution in [1.29, 1.82) is 0 Å². The van der Waals surface area contributed by atoms with Crippen LogP contribution in [0, 0.1) is 6.92 Å². The van der Waals surface area contributed by atoms with E-state index in [2.05, 4.69) is 16.0 Å². The number of nitrogens with one attached hydrogen (secondary N) is 3. The second-order valence-corrected chi connectivity index (χ2v) is 6.62. The molecule has 5 nitrogen and oxygen atoms in total. The number of halogens is 2. The minimum Gasteiger partial charge on any atom is -0.376 e. The largest absolute Gasteiger partial charge is 0.376 e. The van der Waals surface area contributed by atoms with E-state index in [0.717, 1.165) is 17.7 Å². The highest BCUT2D eigenvalue weighted by Gasteiger charge is 2.09. The van der Waals surface area contributed by atoms with Gasteiger partial charge >= 0.3 is 0 Å². The molecule has 7 heteroatoms. The fourth-order valence-electron chi connectivity index (χ4n) is 2.32. The van der Waals surface area contributed by atoms with Gasteiger partial charge in [0.05, 0.1) is 17.3 Å². The molecule has 0 fully saturated rings. The summed E-state index contributed by atoms with van der Waals surface area (Å²) in [6.07, 6.45) is 1.20. The number of benzene rings is 2. The van der Waals surface area contributed by atoms with E-state index < -0.39 is 0 Å². The molecule has 0 aliphatic rings. The van der Waals surface area contributed by atoms with E-state index >= 15 is 0 Å². The van der Waals surface area contributed by atoms with Crippen molar-refractivity contribution in [3.8, 4) is 0 Å². The standard InChI is InChI=1S/C19H21Cl2N3O2/c1-3-5-18(25)23-13-8-9-15(21)17(10-13)24-19(26)11-22-16-7-4-6-14(20)12(16)2/h4,6-10,22H,3,5,11H2,1-2H3,(H,23,25)(H,24,26). The summed E-state index contributed by atoms with van der Waals surface area (Å²) in [5.41, 5.74) is 2.69. The van der Waals surface area contributed by atoms with Gasteiger partial charge in [0, 0.05) is 22.8 Å². The fraction of sp³-hybridized carbons (Fsp3) is 0.263. The van der Waals surface area contributed by atoms with Crippen molar-refractivity contribution >= 4 is 52.1 Å². The lowest BCUT2D eigenvalue weighted by Gasteiger charge is -2.13. The lowest BCUT2D eigenvalue weighted by Crippen LogP contribution is -2.22. The number of hydrogen-bond donors (Lipinski definition) is 3. The van der Waals surface area contributed by atoms with Crippen LogP contribution in [0.2, 0.25) is 10.0 Å². The maximum Gasteiger partial charge on any atom is 0.243 e. The van der Waals surface area contributed by atoms with Crippen molar-refractivity contribution in [1.82, 2.24) is 0 Å². The number of anilines is 3. The Bertz CT molecular complexity index is 809. The first-order chi connectivity index (χ1) is 12.4. The average molecular weight is 394 g/mol. The summed E-state index contributed by atoms with van der Waals surface area (Å²) >= 11 is 12.2. The Balaban J connectivity index is 1.99. The molecule has 0 atom stereocenters. The zero-order valence-corrected chi connectivity index (χ0v) is 16.2. The number of rotatable bonds is 7. The van der Waals surface area contributed by atoms with E-state index in [0.29, 0.717) is 27.8 Å². The molecule has 138 valence electrons. The Morgan fingerprint density at radius 1 is 0.962 bits per heavy atom. The van der Waals surface area contributed by atoms with Crippen LogP contribution < -0.4 is 16.0 Å². The van der Waals surface area contributed by atoms with E-state index in [1.54, 1.807) is 24.3 Å². The molecule has 0 aliphatic carbocycles. The monoisotopic (exact) mass is 393 g/mol. The van der Waals surface area contributed by atoms with Crippen LogP contribution in [0.25, 0.3) is 0 Å². The molecule has 0 radical (unpaired) electrons. The van der Waals surface area contributed by atoms with E-state index in [-0.39, 0.29) is 18.4 Å². The number of hydrogen-bond acceptors (Lipinski definition) is 3. The third kappa shape index (κ3) is 5.64. The van der Waals surface area contributed by atoms with Crippen LogP contribution in [0.4, 0.5) is 17.1 Å². The zero-order chi connectivity index (χ0) is 19.1. The summed E-state index contributed by atoms with van der Waals surface area (Å²) in [5, 5.41) is 9.59. The molecule has 0 heterocycles. The highest BCUT2D eigenvalue weighted by atomic mass is 35.5. The molecule has 2 aromatic rings. The van der Waals surface area contributed by atoms with Gasteiger partial charge in [0.2, 0.25) is 11.8 Å². The van der Waals surface area contributed by atoms with Crippen LogP contribution in [-0.4, -0.2) is 18.4 Å². The molecule has 0 unspecified atom stereocenters. The average Bonchev–Trinajstić information content (AvgIpc) is 2.59. The topological polar surface area (TPSA) is 70.2 Å². The van der Waals surface area contributed by atoms with Crippen molar-refractivity contribution in [3.05, 3.63) is 52.0 Å². The SMILES string of the molecule is CCCC(=O)Nc1ccc(Cl)c(NC(=O)CNc2cccc(Cl)c2C)c1. The first-order valence-corrected chi connectivity index (χ1v) is 9.04. The summed E-state index contributed by atoms with van der Waals surface area (Å²) in [7, 11) is 0. The van der Waals surface area contributed by atoms with Crippen molar-refractivity contribution < 1.29 is 9.59 Å². The molecule has 2 rings (SSSR count). The zero-order valence-electron chi connectivity index (χ0n) is 14.7. The van der Waals surface area contributed by atoms with Gasteiger partial charge in [-0.05, 0) is 49.2 Å². The molecule has 26 heavy (non-hydrogen) atoms. The molecule has 0 aliphatic heterocycles. The molecule has 0 saturated heterocycles. The first-order valence-electron chi connectivity index (χ1n) is 8.29. The third-order valence-corrected chi connectivity index (χ3v) is 4.45. The van der Waals surface area contributed by atoms with Gasteiger partial charge in [-0.3, -0.25) is 9.59 Å². The van der Waals surface area contributed by atoms with Crippen molar-refractivity contribution in [3.63, 3.8) is 0 Å². The van der Waals surface area contributed by atoms with Gasteiger partial charge in [-0.2, -0.15) is 0 Å². The highest BCUT2D eigenvalue weighted by molar-refractivity contribution is 6.34. The van der Waals surface area contributed by atoms with Crippen molar-refractivity contribution in [2.24, 2.45) is 0 Å². The lowest BCUT2D eigenvalue weighted by molar-refractivity contribution is -0.116. The van der Waals surface area contributed by atoms with Crippen LogP contribution in [-0.2, 0) is 9.59 Å². The van der Waals surface area contributed by atoms with Gasteiger partial charge in [-0.1, -0.05) is 36.2 Å². The number of amides is 2. The van der Waals surface area contributed by atoms with E-state index in [1.807, 2.05) is 26.0 Å². The predicted octanol–water partition coefficient (Wildman–Crippen LogP) is 5.09. The second-order valence-electron chi connectivity index (χ2n) is 5.81. The first kappa shape index (κ1) is 20.1. The van der Waals surface area contributed by atoms with Crippen LogP contribution in [0.5, 0.6) is 0 Å². The number of carbonyl (C=O) groups excluding carboxylic acids is 2. The minimum absolute atomic E-state index is 0.0595. The van der Waals surface area contributed by atoms with E-state index in [1.165, 1.54) is 0 Å². The van der Waals surface area contributed by atoms with E-state index in [4.69, 9.17) is 23.2 Å². The van der Waals surface area contributed by atoms with Crippen LogP contribution in [0.15, 0.2) is 36.4 Å². The summed E-state index contributed by atoms with van der Waals surface area (Å²) in [6.45, 7) is 3.87. The second kappa shape index (κ2) is 9.46. The Labute approximate surface area is 163 Å². The Kier molecular flexibility index (Phi) is 7.30. The van der Waals surface area contributed by atoms with Crippen molar-refractivity contribution in [2.45, 2.75) is 26.7 Å². The number of carbonyl (C=O) groups is 2. The van der Waals surface area contributed by atoms with E-state index in [9.17, 15) is 9.59 Å². The van der Waals surface area contributed by atoms with Gasteiger partial charge in [0.25, 0.3) is 0 Å². The Morgan fingerprint density at radius 3 is 2.46 bits per heavy atom. The molecule has 0 spiro atoms. The summed E-state index contributed by atoms with van der Waals surface area (Å²) in [5.74, 6) is -0.339. The maximum absolute atomic E-state index is 12.2. The molecule has 2 amide bonds. The summed E-state index contributed by atoms with van der Waals surface area (Å²) in [4.78, 5) is 23.9. The molecule has 0 bridgehead atoms. The van der Waals surface area contributed by atoms with Crippen LogP contribution in [0.3, 0.4) is 0 Å². The quantitative estimate of drug-likeness (QED) is 0.613. The Morgan fingerprint density at radius 2 is 1.73 bits per heavy atom. The maximum atomic E-state index is 12.2. The van der Waals surface area contributed by atoms with Gasteiger partial charge in [0.15, 0.2) is 0 Å². The Hall–Kier alpha value is -2.24. The molecule has 0 saturated carbocycles.